The van der Waals surface area contributed by atoms with Crippen LogP contribution in [0.1, 0.15) is 32.4 Å². The van der Waals surface area contributed by atoms with Crippen LogP contribution < -0.4 is 5.32 Å². The summed E-state index contributed by atoms with van der Waals surface area (Å²) in [5.74, 6) is 0.144. The van der Waals surface area contributed by atoms with Gasteiger partial charge in [0.1, 0.15) is 0 Å². The summed E-state index contributed by atoms with van der Waals surface area (Å²) in [7, 11) is 0. The molecule has 0 aliphatic rings. The predicted molar refractivity (Wildman–Crippen MR) is 68.6 cm³/mol. The summed E-state index contributed by atoms with van der Waals surface area (Å²) in [6.07, 6.45) is 3.57. The van der Waals surface area contributed by atoms with E-state index in [1.165, 1.54) is 0 Å². The molecule has 0 saturated carbocycles. The molecule has 1 aromatic rings. The van der Waals surface area contributed by atoms with Crippen LogP contribution in [-0.4, -0.2) is 35.4 Å². The number of carbonyl (C=O) groups is 1. The third-order valence-electron chi connectivity index (χ3n) is 2.86. The average Bonchev–Trinajstić information content (AvgIpc) is 2.38. The fraction of sp³-hybridized carbons (Fsp3) is 0.538. The van der Waals surface area contributed by atoms with Crippen molar-refractivity contribution in [2.45, 2.75) is 26.8 Å². The zero-order valence-corrected chi connectivity index (χ0v) is 10.8. The fourth-order valence-electron chi connectivity index (χ4n) is 1.68. The highest BCUT2D eigenvalue weighted by atomic mass is 16.2. The van der Waals surface area contributed by atoms with E-state index in [2.05, 4.69) is 10.3 Å². The van der Waals surface area contributed by atoms with Crippen molar-refractivity contribution in [3.63, 3.8) is 0 Å². The van der Waals surface area contributed by atoms with E-state index in [4.69, 9.17) is 0 Å². The number of hydrogen-bond donors (Lipinski definition) is 1. The highest BCUT2D eigenvalue weighted by molar-refractivity contribution is 5.78. The van der Waals surface area contributed by atoms with Crippen LogP contribution in [0, 0.1) is 0 Å². The molecule has 1 amide bonds. The van der Waals surface area contributed by atoms with Crippen LogP contribution in [0.25, 0.3) is 0 Å². The molecule has 94 valence electrons. The Morgan fingerprint density at radius 2 is 2.18 bits per heavy atom. The van der Waals surface area contributed by atoms with Crippen molar-refractivity contribution in [3.05, 3.63) is 30.1 Å². The van der Waals surface area contributed by atoms with Crippen molar-refractivity contribution in [2.75, 3.05) is 19.6 Å². The molecule has 1 N–H and O–H groups in total. The Labute approximate surface area is 103 Å². The van der Waals surface area contributed by atoms with E-state index in [0.717, 1.165) is 18.7 Å². The van der Waals surface area contributed by atoms with Crippen LogP contribution in [0.4, 0.5) is 0 Å². The molecule has 1 unspecified atom stereocenters. The SMILES string of the molecule is CCN(CC)C(=O)CNC(C)c1cccnc1. The minimum atomic E-state index is 0.142. The maximum Gasteiger partial charge on any atom is 0.236 e. The lowest BCUT2D eigenvalue weighted by molar-refractivity contribution is -0.129. The number of hydrogen-bond acceptors (Lipinski definition) is 3. The second-order valence-electron chi connectivity index (χ2n) is 3.95. The molecule has 17 heavy (non-hydrogen) atoms. The summed E-state index contributed by atoms with van der Waals surface area (Å²) in [4.78, 5) is 17.7. The van der Waals surface area contributed by atoms with Crippen LogP contribution in [0.15, 0.2) is 24.5 Å². The zero-order valence-electron chi connectivity index (χ0n) is 10.8. The molecule has 0 spiro atoms. The van der Waals surface area contributed by atoms with Gasteiger partial charge >= 0.3 is 0 Å². The molecule has 0 aliphatic heterocycles. The first-order valence-electron chi connectivity index (χ1n) is 6.10. The van der Waals surface area contributed by atoms with Crippen LogP contribution in [0.2, 0.25) is 0 Å². The summed E-state index contributed by atoms with van der Waals surface area (Å²) in [5.41, 5.74) is 1.10. The maximum atomic E-state index is 11.8. The molecular formula is C13H21N3O. The van der Waals surface area contributed by atoms with Crippen LogP contribution in [0.3, 0.4) is 0 Å². The number of amides is 1. The van der Waals surface area contributed by atoms with Gasteiger partial charge in [0, 0.05) is 31.5 Å². The Kier molecular flexibility index (Phi) is 5.63. The minimum absolute atomic E-state index is 0.142. The summed E-state index contributed by atoms with van der Waals surface area (Å²) in [6, 6.07) is 4.05. The quantitative estimate of drug-likeness (QED) is 0.814. The van der Waals surface area contributed by atoms with Gasteiger partial charge in [-0.25, -0.2) is 0 Å². The molecule has 4 nitrogen and oxygen atoms in total. The smallest absolute Gasteiger partial charge is 0.236 e. The third-order valence-corrected chi connectivity index (χ3v) is 2.86. The van der Waals surface area contributed by atoms with Gasteiger partial charge in [-0.3, -0.25) is 9.78 Å². The van der Waals surface area contributed by atoms with Crippen molar-refractivity contribution in [2.24, 2.45) is 0 Å². The van der Waals surface area contributed by atoms with Gasteiger partial charge in [-0.05, 0) is 32.4 Å². The van der Waals surface area contributed by atoms with E-state index in [0.29, 0.717) is 6.54 Å². The number of pyridine rings is 1. The Morgan fingerprint density at radius 3 is 2.71 bits per heavy atom. The Bertz CT molecular complexity index is 336. The lowest BCUT2D eigenvalue weighted by atomic mass is 10.1. The van der Waals surface area contributed by atoms with E-state index in [-0.39, 0.29) is 11.9 Å². The number of nitrogens with one attached hydrogen (secondary N) is 1. The van der Waals surface area contributed by atoms with Crippen molar-refractivity contribution >= 4 is 5.91 Å². The van der Waals surface area contributed by atoms with Gasteiger partial charge in [-0.2, -0.15) is 0 Å². The minimum Gasteiger partial charge on any atom is -0.342 e. The summed E-state index contributed by atoms with van der Waals surface area (Å²) in [6.45, 7) is 7.92. The molecule has 0 aliphatic carbocycles. The second-order valence-corrected chi connectivity index (χ2v) is 3.95. The highest BCUT2D eigenvalue weighted by Gasteiger charge is 2.11. The first-order valence-corrected chi connectivity index (χ1v) is 6.10. The Morgan fingerprint density at radius 1 is 1.47 bits per heavy atom. The fourth-order valence-corrected chi connectivity index (χ4v) is 1.68. The number of nitrogens with zero attached hydrogens (tertiary/aromatic N) is 2. The van der Waals surface area contributed by atoms with Gasteiger partial charge in [0.25, 0.3) is 0 Å². The van der Waals surface area contributed by atoms with Gasteiger partial charge in [0.2, 0.25) is 5.91 Å². The molecule has 1 rings (SSSR count). The molecular weight excluding hydrogens is 214 g/mol. The topological polar surface area (TPSA) is 45.2 Å². The lowest BCUT2D eigenvalue weighted by Crippen LogP contribution is -2.38. The van der Waals surface area contributed by atoms with Crippen LogP contribution in [0.5, 0.6) is 0 Å². The molecule has 1 heterocycles. The van der Waals surface area contributed by atoms with Gasteiger partial charge < -0.3 is 10.2 Å². The number of rotatable bonds is 6. The van der Waals surface area contributed by atoms with E-state index < -0.39 is 0 Å². The van der Waals surface area contributed by atoms with E-state index in [9.17, 15) is 4.79 Å². The average molecular weight is 235 g/mol. The Balaban J connectivity index is 2.43. The molecule has 0 fully saturated rings. The molecule has 0 radical (unpaired) electrons. The number of likely N-dealkylation sites (N-methyl/N-ethyl adjacent to an activating group) is 1. The first-order chi connectivity index (χ1) is 8.19. The predicted octanol–water partition coefficient (Wildman–Crippen LogP) is 1.60. The molecule has 0 aromatic carbocycles. The lowest BCUT2D eigenvalue weighted by Gasteiger charge is -2.20. The van der Waals surface area contributed by atoms with Crippen molar-refractivity contribution in [1.82, 2.24) is 15.2 Å². The standard InChI is InChI=1S/C13H21N3O/c1-4-16(5-2)13(17)10-15-11(3)12-7-6-8-14-9-12/h6-9,11,15H,4-5,10H2,1-3H3. The van der Waals surface area contributed by atoms with Crippen molar-refractivity contribution in [3.8, 4) is 0 Å². The van der Waals surface area contributed by atoms with Crippen molar-refractivity contribution in [1.29, 1.82) is 0 Å². The van der Waals surface area contributed by atoms with E-state index >= 15 is 0 Å². The normalized spacial score (nSPS) is 12.2. The second kappa shape index (κ2) is 7.01. The van der Waals surface area contributed by atoms with Crippen molar-refractivity contribution < 1.29 is 4.79 Å². The van der Waals surface area contributed by atoms with Gasteiger partial charge in [0.05, 0.1) is 6.54 Å². The van der Waals surface area contributed by atoms with Crippen LogP contribution in [-0.2, 0) is 4.79 Å². The monoisotopic (exact) mass is 235 g/mol. The van der Waals surface area contributed by atoms with E-state index in [1.807, 2.05) is 44.0 Å². The summed E-state index contributed by atoms with van der Waals surface area (Å²) >= 11 is 0. The molecule has 1 aromatic heterocycles. The van der Waals surface area contributed by atoms with Gasteiger partial charge in [-0.1, -0.05) is 6.07 Å². The Hall–Kier alpha value is -1.42. The summed E-state index contributed by atoms with van der Waals surface area (Å²) in [5, 5.41) is 3.22. The maximum absolute atomic E-state index is 11.8. The number of carbonyl (C=O) groups excluding carboxylic acids is 1. The largest absolute Gasteiger partial charge is 0.342 e. The molecule has 4 heteroatoms. The molecule has 1 atom stereocenters. The molecule has 0 saturated heterocycles. The zero-order chi connectivity index (χ0) is 12.7. The number of aromatic nitrogens is 1. The third kappa shape index (κ3) is 4.15. The highest BCUT2D eigenvalue weighted by Crippen LogP contribution is 2.09. The molecule has 0 bridgehead atoms. The van der Waals surface area contributed by atoms with E-state index in [1.54, 1.807) is 6.20 Å². The van der Waals surface area contributed by atoms with Crippen LogP contribution >= 0.6 is 0 Å². The first kappa shape index (κ1) is 13.6. The van der Waals surface area contributed by atoms with Gasteiger partial charge in [0.15, 0.2) is 0 Å². The van der Waals surface area contributed by atoms with Gasteiger partial charge in [-0.15, -0.1) is 0 Å². The summed E-state index contributed by atoms with van der Waals surface area (Å²) < 4.78 is 0.